The van der Waals surface area contributed by atoms with Gasteiger partial charge in [-0.2, -0.15) is 5.10 Å². The summed E-state index contributed by atoms with van der Waals surface area (Å²) in [7, 11) is 0. The summed E-state index contributed by atoms with van der Waals surface area (Å²) in [5.74, 6) is 1.84. The number of hydrogen-bond donors (Lipinski definition) is 0. The van der Waals surface area contributed by atoms with Crippen LogP contribution in [-0.2, 0) is 0 Å². The molecule has 192 valence electrons. The van der Waals surface area contributed by atoms with Crippen molar-refractivity contribution in [2.75, 3.05) is 6.61 Å². The van der Waals surface area contributed by atoms with Gasteiger partial charge in [-0.15, -0.1) is 0 Å². The summed E-state index contributed by atoms with van der Waals surface area (Å²) in [5, 5.41) is 6.41. The summed E-state index contributed by atoms with van der Waals surface area (Å²) >= 11 is 0. The van der Waals surface area contributed by atoms with Gasteiger partial charge in [-0.05, 0) is 54.4 Å². The van der Waals surface area contributed by atoms with Gasteiger partial charge in [-0.3, -0.25) is 4.79 Å². The Morgan fingerprint density at radius 1 is 0.846 bits per heavy atom. The van der Waals surface area contributed by atoms with Crippen LogP contribution in [0.15, 0.2) is 125 Å². The Balaban J connectivity index is 1.27. The number of aromatic nitrogens is 1. The molecule has 0 unspecified atom stereocenters. The minimum Gasteiger partial charge on any atom is -0.494 e. The van der Waals surface area contributed by atoms with Gasteiger partial charge in [-0.1, -0.05) is 72.8 Å². The molecule has 1 aliphatic rings. The molecule has 1 aliphatic heterocycles. The molecule has 0 aliphatic carbocycles. The number of carbonyl (C=O) groups excluding carboxylic acids is 1. The maximum Gasteiger partial charge on any atom is 0.274 e. The van der Waals surface area contributed by atoms with Gasteiger partial charge in [0.25, 0.3) is 5.91 Å². The fraction of sp³-hybridized carbons (Fsp3) is 0.121. The molecule has 2 heterocycles. The normalized spacial score (nSPS) is 14.7. The van der Waals surface area contributed by atoms with E-state index in [9.17, 15) is 4.79 Å². The van der Waals surface area contributed by atoms with Crippen molar-refractivity contribution in [3.63, 3.8) is 0 Å². The van der Waals surface area contributed by atoms with E-state index in [1.54, 1.807) is 23.3 Å². The smallest absolute Gasteiger partial charge is 0.274 e. The zero-order valence-corrected chi connectivity index (χ0v) is 21.5. The van der Waals surface area contributed by atoms with E-state index in [-0.39, 0.29) is 11.9 Å². The molecule has 1 aromatic heterocycles. The largest absolute Gasteiger partial charge is 0.494 e. The molecule has 1 amide bonds. The van der Waals surface area contributed by atoms with Gasteiger partial charge >= 0.3 is 0 Å². The molecule has 4 aromatic carbocycles. The van der Waals surface area contributed by atoms with Gasteiger partial charge in [0.15, 0.2) is 5.76 Å². The maximum absolute atomic E-state index is 13.8. The first-order valence-electron chi connectivity index (χ1n) is 13.0. The molecule has 0 N–H and O–H groups in total. The van der Waals surface area contributed by atoms with Crippen LogP contribution in [0.3, 0.4) is 0 Å². The number of oxazole rings is 1. The standard InChI is InChI=1S/C33H27N3O3/c1-2-38-28-19-17-24(18-20-28)30-21-29(23-9-5-3-6-10-23)35-36(30)33(37)27-15-13-26(14-16-27)32-34-22-31(39-32)25-11-7-4-8-12-25/h3-20,22,30H,2,21H2,1H3/t30-/m1/s1. The Labute approximate surface area is 227 Å². The van der Waals surface area contributed by atoms with Crippen LogP contribution in [0, 0.1) is 0 Å². The first-order chi connectivity index (χ1) is 19.2. The third-order valence-electron chi connectivity index (χ3n) is 6.74. The van der Waals surface area contributed by atoms with E-state index in [0.29, 0.717) is 30.2 Å². The molecule has 39 heavy (non-hydrogen) atoms. The lowest BCUT2D eigenvalue weighted by Gasteiger charge is -2.22. The van der Waals surface area contributed by atoms with Gasteiger partial charge in [0.2, 0.25) is 5.89 Å². The molecule has 0 spiro atoms. The van der Waals surface area contributed by atoms with Crippen LogP contribution >= 0.6 is 0 Å². The first kappa shape index (κ1) is 24.4. The van der Waals surface area contributed by atoms with E-state index in [1.807, 2.05) is 104 Å². The van der Waals surface area contributed by atoms with E-state index >= 15 is 0 Å². The lowest BCUT2D eigenvalue weighted by atomic mass is 9.98. The number of amides is 1. The lowest BCUT2D eigenvalue weighted by molar-refractivity contribution is 0.0711. The van der Waals surface area contributed by atoms with Crippen molar-refractivity contribution < 1.29 is 13.9 Å². The van der Waals surface area contributed by atoms with Crippen molar-refractivity contribution >= 4 is 11.6 Å². The number of hydrogen-bond acceptors (Lipinski definition) is 5. The van der Waals surface area contributed by atoms with Crippen molar-refractivity contribution in [1.29, 1.82) is 0 Å². The number of benzene rings is 4. The predicted octanol–water partition coefficient (Wildman–Crippen LogP) is 7.40. The minimum atomic E-state index is -0.219. The molecular formula is C33H27N3O3. The van der Waals surface area contributed by atoms with Crippen molar-refractivity contribution in [2.45, 2.75) is 19.4 Å². The number of carbonyl (C=O) groups is 1. The minimum absolute atomic E-state index is 0.163. The van der Waals surface area contributed by atoms with E-state index in [1.165, 1.54) is 0 Å². The average Bonchev–Trinajstić information content (AvgIpc) is 3.67. The van der Waals surface area contributed by atoms with Crippen LogP contribution in [0.25, 0.3) is 22.8 Å². The molecule has 0 radical (unpaired) electrons. The van der Waals surface area contributed by atoms with Crippen molar-refractivity contribution in [3.8, 4) is 28.5 Å². The Morgan fingerprint density at radius 2 is 1.51 bits per heavy atom. The monoisotopic (exact) mass is 513 g/mol. The number of rotatable bonds is 7. The zero-order valence-electron chi connectivity index (χ0n) is 21.5. The van der Waals surface area contributed by atoms with E-state index in [4.69, 9.17) is 14.3 Å². The Morgan fingerprint density at radius 3 is 2.18 bits per heavy atom. The summed E-state index contributed by atoms with van der Waals surface area (Å²) in [4.78, 5) is 18.2. The quantitative estimate of drug-likeness (QED) is 0.227. The van der Waals surface area contributed by atoms with Crippen LogP contribution in [0.2, 0.25) is 0 Å². The highest BCUT2D eigenvalue weighted by molar-refractivity contribution is 6.05. The van der Waals surface area contributed by atoms with E-state index in [2.05, 4.69) is 4.98 Å². The fourth-order valence-corrected chi connectivity index (χ4v) is 4.75. The molecule has 6 nitrogen and oxygen atoms in total. The molecule has 1 atom stereocenters. The third kappa shape index (κ3) is 5.09. The molecule has 0 bridgehead atoms. The maximum atomic E-state index is 13.8. The number of hydrazone groups is 1. The average molecular weight is 514 g/mol. The molecule has 6 rings (SSSR count). The second kappa shape index (κ2) is 10.8. The van der Waals surface area contributed by atoms with Crippen LogP contribution in [0.1, 0.15) is 40.9 Å². The summed E-state index contributed by atoms with van der Waals surface area (Å²) in [5.41, 5.74) is 5.20. The second-order valence-electron chi connectivity index (χ2n) is 9.26. The Bertz CT molecular complexity index is 1590. The van der Waals surface area contributed by atoms with E-state index in [0.717, 1.165) is 33.7 Å². The topological polar surface area (TPSA) is 67.9 Å². The highest BCUT2D eigenvalue weighted by atomic mass is 16.5. The van der Waals surface area contributed by atoms with Crippen molar-refractivity contribution in [1.82, 2.24) is 9.99 Å². The van der Waals surface area contributed by atoms with Gasteiger partial charge in [-0.25, -0.2) is 9.99 Å². The van der Waals surface area contributed by atoms with Crippen molar-refractivity contribution in [2.24, 2.45) is 5.10 Å². The van der Waals surface area contributed by atoms with Gasteiger partial charge < -0.3 is 9.15 Å². The summed E-state index contributed by atoms with van der Waals surface area (Å²) in [6.45, 7) is 2.56. The van der Waals surface area contributed by atoms with Crippen molar-refractivity contribution in [3.05, 3.63) is 132 Å². The highest BCUT2D eigenvalue weighted by Gasteiger charge is 2.33. The highest BCUT2D eigenvalue weighted by Crippen LogP contribution is 2.35. The molecule has 5 aromatic rings. The summed E-state index contributed by atoms with van der Waals surface area (Å²) in [6, 6.07) is 34.8. The number of ether oxygens (including phenoxy) is 1. The van der Waals surface area contributed by atoms with Crippen LogP contribution < -0.4 is 4.74 Å². The molecular weight excluding hydrogens is 486 g/mol. The molecule has 0 fully saturated rings. The zero-order chi connectivity index (χ0) is 26.6. The lowest BCUT2D eigenvalue weighted by Crippen LogP contribution is -2.27. The third-order valence-corrected chi connectivity index (χ3v) is 6.74. The van der Waals surface area contributed by atoms with Gasteiger partial charge in [0, 0.05) is 23.1 Å². The van der Waals surface area contributed by atoms with Crippen LogP contribution in [-0.4, -0.2) is 28.2 Å². The van der Waals surface area contributed by atoms with Gasteiger partial charge in [0.05, 0.1) is 24.6 Å². The molecule has 0 saturated carbocycles. The molecule has 6 heteroatoms. The summed E-state index contributed by atoms with van der Waals surface area (Å²) in [6.07, 6.45) is 2.34. The van der Waals surface area contributed by atoms with Gasteiger partial charge in [0.1, 0.15) is 5.75 Å². The Kier molecular flexibility index (Phi) is 6.75. The second-order valence-corrected chi connectivity index (χ2v) is 9.26. The predicted molar refractivity (Wildman–Crippen MR) is 151 cm³/mol. The first-order valence-corrected chi connectivity index (χ1v) is 13.0. The van der Waals surface area contributed by atoms with Crippen LogP contribution in [0.4, 0.5) is 0 Å². The Hall–Kier alpha value is -4.97. The number of nitrogens with zero attached hydrogens (tertiary/aromatic N) is 3. The summed E-state index contributed by atoms with van der Waals surface area (Å²) < 4.78 is 11.6. The molecule has 0 saturated heterocycles. The van der Waals surface area contributed by atoms with E-state index < -0.39 is 0 Å². The van der Waals surface area contributed by atoms with Crippen LogP contribution in [0.5, 0.6) is 5.75 Å². The fourth-order valence-electron chi connectivity index (χ4n) is 4.75. The SMILES string of the molecule is CCOc1ccc([C@H]2CC(c3ccccc3)=NN2C(=O)c2ccc(-c3ncc(-c4ccccc4)o3)cc2)cc1.